The van der Waals surface area contributed by atoms with Crippen molar-refractivity contribution in [2.24, 2.45) is 23.7 Å². The van der Waals surface area contributed by atoms with Crippen LogP contribution in [0.1, 0.15) is 12.8 Å². The molecule has 1 saturated carbocycles. The lowest BCUT2D eigenvalue weighted by molar-refractivity contribution is 0.0979. The summed E-state index contributed by atoms with van der Waals surface area (Å²) in [5.74, 6) is 3.73. The van der Waals surface area contributed by atoms with Crippen molar-refractivity contribution in [3.05, 3.63) is 24.3 Å². The van der Waals surface area contributed by atoms with Crippen LogP contribution in [0.3, 0.4) is 0 Å². The van der Waals surface area contributed by atoms with Gasteiger partial charge in [0.2, 0.25) is 0 Å². The van der Waals surface area contributed by atoms with Crippen molar-refractivity contribution in [2.75, 3.05) is 0 Å². The first-order valence-electron chi connectivity index (χ1n) is 4.32. The van der Waals surface area contributed by atoms with E-state index in [0.29, 0.717) is 0 Å². The number of allylic oxidation sites excluding steroid dienone is 4. The molecule has 0 nitrogen and oxygen atoms in total. The molecular formula is C10H12. The van der Waals surface area contributed by atoms with E-state index < -0.39 is 0 Å². The first kappa shape index (κ1) is 5.17. The Morgan fingerprint density at radius 2 is 1.10 bits per heavy atom. The van der Waals surface area contributed by atoms with E-state index in [-0.39, 0.29) is 0 Å². The van der Waals surface area contributed by atoms with E-state index in [4.69, 9.17) is 0 Å². The van der Waals surface area contributed by atoms with E-state index >= 15 is 0 Å². The van der Waals surface area contributed by atoms with Gasteiger partial charge in [0.15, 0.2) is 0 Å². The van der Waals surface area contributed by atoms with Gasteiger partial charge in [-0.2, -0.15) is 0 Å². The molecule has 0 amide bonds. The van der Waals surface area contributed by atoms with Crippen LogP contribution in [-0.2, 0) is 0 Å². The van der Waals surface area contributed by atoms with Crippen molar-refractivity contribution < 1.29 is 0 Å². The zero-order valence-corrected chi connectivity index (χ0v) is 6.03. The van der Waals surface area contributed by atoms with Crippen LogP contribution in [0.4, 0.5) is 0 Å². The second-order valence-electron chi connectivity index (χ2n) is 3.83. The minimum Gasteiger partial charge on any atom is -0.0807 e. The van der Waals surface area contributed by atoms with E-state index in [2.05, 4.69) is 24.3 Å². The van der Waals surface area contributed by atoms with Crippen LogP contribution in [0.5, 0.6) is 0 Å². The molecule has 10 heavy (non-hydrogen) atoms. The van der Waals surface area contributed by atoms with Crippen LogP contribution >= 0.6 is 0 Å². The van der Waals surface area contributed by atoms with E-state index in [0.717, 1.165) is 23.7 Å². The molecule has 0 N–H and O–H groups in total. The lowest BCUT2D eigenvalue weighted by Gasteiger charge is -2.49. The predicted molar refractivity (Wildman–Crippen MR) is 41.5 cm³/mol. The van der Waals surface area contributed by atoms with Crippen molar-refractivity contribution in [3.63, 3.8) is 0 Å². The van der Waals surface area contributed by atoms with Gasteiger partial charge < -0.3 is 0 Å². The average Bonchev–Trinajstić information content (AvgIpc) is 1.88. The Bertz CT molecular complexity index is 176. The Morgan fingerprint density at radius 3 is 1.30 bits per heavy atom. The Hall–Kier alpha value is -0.520. The molecular weight excluding hydrogens is 120 g/mol. The van der Waals surface area contributed by atoms with E-state index in [1.54, 1.807) is 0 Å². The monoisotopic (exact) mass is 132 g/mol. The Labute approximate surface area is 61.6 Å². The van der Waals surface area contributed by atoms with Gasteiger partial charge in [-0.05, 0) is 36.5 Å². The number of hydrogen-bond donors (Lipinski definition) is 0. The highest BCUT2D eigenvalue weighted by atomic mass is 14.5. The molecule has 0 heterocycles. The molecule has 52 valence electrons. The lowest BCUT2D eigenvalue weighted by atomic mass is 9.56. The third-order valence-electron chi connectivity index (χ3n) is 3.48. The van der Waals surface area contributed by atoms with Gasteiger partial charge >= 0.3 is 0 Å². The fraction of sp³-hybridized carbons (Fsp3) is 0.600. The summed E-state index contributed by atoms with van der Waals surface area (Å²) in [6, 6.07) is 0. The molecule has 0 aromatic rings. The molecule has 0 aliphatic heterocycles. The average molecular weight is 132 g/mol. The summed E-state index contributed by atoms with van der Waals surface area (Å²) in [6.45, 7) is 0. The molecule has 1 fully saturated rings. The molecule has 2 unspecified atom stereocenters. The van der Waals surface area contributed by atoms with Gasteiger partial charge in [0.05, 0.1) is 0 Å². The van der Waals surface area contributed by atoms with Crippen LogP contribution in [0, 0.1) is 23.7 Å². The highest BCUT2D eigenvalue weighted by Gasteiger charge is 2.42. The maximum atomic E-state index is 2.41. The molecule has 4 aliphatic rings. The van der Waals surface area contributed by atoms with Crippen LogP contribution < -0.4 is 0 Å². The number of hydrogen-bond acceptors (Lipinski definition) is 0. The minimum atomic E-state index is 0.823. The van der Waals surface area contributed by atoms with Gasteiger partial charge in [-0.1, -0.05) is 24.3 Å². The van der Waals surface area contributed by atoms with Crippen molar-refractivity contribution in [3.8, 4) is 0 Å². The van der Waals surface area contributed by atoms with Crippen molar-refractivity contribution in [2.45, 2.75) is 12.8 Å². The quantitative estimate of drug-likeness (QED) is 0.444. The number of rotatable bonds is 0. The highest BCUT2D eigenvalue weighted by Crippen LogP contribution is 2.51. The lowest BCUT2D eigenvalue weighted by Crippen LogP contribution is -2.40. The summed E-state index contributed by atoms with van der Waals surface area (Å²) in [7, 11) is 0. The van der Waals surface area contributed by atoms with Crippen LogP contribution in [0.15, 0.2) is 24.3 Å². The first-order valence-corrected chi connectivity index (χ1v) is 4.32. The summed E-state index contributed by atoms with van der Waals surface area (Å²) in [6.07, 6.45) is 12.6. The van der Waals surface area contributed by atoms with E-state index in [9.17, 15) is 0 Å². The topological polar surface area (TPSA) is 0 Å². The standard InChI is InChI=1S/C10H12/c1-2-8-4-3-7(1)9-5-6-10(8)9/h1-4,7-10H,5-6H2. The third kappa shape index (κ3) is 0.448. The summed E-state index contributed by atoms with van der Waals surface area (Å²) < 4.78 is 0. The normalized spacial score (nSPS) is 54.4. The first-order chi connectivity index (χ1) is 4.95. The highest BCUT2D eigenvalue weighted by molar-refractivity contribution is 5.24. The van der Waals surface area contributed by atoms with Crippen molar-refractivity contribution >= 4 is 0 Å². The molecule has 0 saturated heterocycles. The molecule has 2 atom stereocenters. The minimum absolute atomic E-state index is 0.823. The van der Waals surface area contributed by atoms with Gasteiger partial charge in [-0.15, -0.1) is 0 Å². The fourth-order valence-corrected chi connectivity index (χ4v) is 2.72. The molecule has 2 bridgehead atoms. The van der Waals surface area contributed by atoms with E-state index in [1.165, 1.54) is 12.8 Å². The molecule has 0 spiro atoms. The van der Waals surface area contributed by atoms with Crippen LogP contribution in [-0.4, -0.2) is 0 Å². The SMILES string of the molecule is C1=CC2C=CC1C1CCC21. The van der Waals surface area contributed by atoms with Crippen molar-refractivity contribution in [1.82, 2.24) is 0 Å². The largest absolute Gasteiger partial charge is 0.0807 e. The second kappa shape index (κ2) is 1.55. The Balaban J connectivity index is 2.06. The zero-order chi connectivity index (χ0) is 6.55. The van der Waals surface area contributed by atoms with Crippen molar-refractivity contribution in [1.29, 1.82) is 0 Å². The fourth-order valence-electron chi connectivity index (χ4n) is 2.72. The molecule has 0 radical (unpaired) electrons. The van der Waals surface area contributed by atoms with Crippen LogP contribution in [0.2, 0.25) is 0 Å². The van der Waals surface area contributed by atoms with Gasteiger partial charge in [-0.25, -0.2) is 0 Å². The molecule has 0 aromatic carbocycles. The molecule has 0 heteroatoms. The predicted octanol–water partition coefficient (Wildman–Crippen LogP) is 2.38. The van der Waals surface area contributed by atoms with E-state index in [1.807, 2.05) is 0 Å². The smallest absolute Gasteiger partial charge is 0.00218 e. The van der Waals surface area contributed by atoms with Gasteiger partial charge in [-0.3, -0.25) is 0 Å². The summed E-state index contributed by atoms with van der Waals surface area (Å²) in [5, 5.41) is 0. The Kier molecular flexibility index (Phi) is 0.803. The van der Waals surface area contributed by atoms with Gasteiger partial charge in [0.1, 0.15) is 0 Å². The Morgan fingerprint density at radius 1 is 0.700 bits per heavy atom. The zero-order valence-electron chi connectivity index (χ0n) is 6.03. The summed E-state index contributed by atoms with van der Waals surface area (Å²) >= 11 is 0. The maximum absolute atomic E-state index is 2.41. The second-order valence-corrected chi connectivity index (χ2v) is 3.83. The van der Waals surface area contributed by atoms with Gasteiger partial charge in [0.25, 0.3) is 0 Å². The maximum Gasteiger partial charge on any atom is -0.00218 e. The summed E-state index contributed by atoms with van der Waals surface area (Å²) in [4.78, 5) is 0. The van der Waals surface area contributed by atoms with Crippen LogP contribution in [0.25, 0.3) is 0 Å². The van der Waals surface area contributed by atoms with Gasteiger partial charge in [0, 0.05) is 0 Å². The molecule has 4 rings (SSSR count). The summed E-state index contributed by atoms with van der Waals surface area (Å²) in [5.41, 5.74) is 0. The molecule has 4 aliphatic carbocycles. The third-order valence-corrected chi connectivity index (χ3v) is 3.48. The molecule has 0 aromatic heterocycles.